The van der Waals surface area contributed by atoms with Crippen molar-refractivity contribution in [1.29, 1.82) is 0 Å². The molecule has 2 aromatic rings. The first-order valence-electron chi connectivity index (χ1n) is 9.30. The number of hydrazine groups is 1. The molecule has 0 bridgehead atoms. The minimum absolute atomic E-state index is 0.414. The zero-order valence-electron chi connectivity index (χ0n) is 16.7. The smallest absolute Gasteiger partial charge is 0.163 e. The number of nitrogens with zero attached hydrogens (tertiary/aromatic N) is 2. The van der Waals surface area contributed by atoms with E-state index in [0.29, 0.717) is 44.5 Å². The molecule has 1 heterocycles. The van der Waals surface area contributed by atoms with Crippen molar-refractivity contribution in [2.45, 2.75) is 0 Å². The number of hydrogen-bond donors (Lipinski definition) is 1. The molecule has 1 aliphatic rings. The highest BCUT2D eigenvalue weighted by Crippen LogP contribution is 2.41. The Morgan fingerprint density at radius 1 is 1.03 bits per heavy atom. The lowest BCUT2D eigenvalue weighted by molar-refractivity contribution is 0.132. The summed E-state index contributed by atoms with van der Waals surface area (Å²) in [7, 11) is 3.27. The van der Waals surface area contributed by atoms with Crippen LogP contribution < -0.4 is 19.9 Å². The molecule has 152 valence electrons. The second-order valence-electron chi connectivity index (χ2n) is 6.23. The molecule has 1 N–H and O–H groups in total. The Balaban J connectivity index is 1.86. The van der Waals surface area contributed by atoms with Crippen LogP contribution in [-0.2, 0) is 9.47 Å². The summed E-state index contributed by atoms with van der Waals surface area (Å²) in [6.45, 7) is 2.39. The highest BCUT2D eigenvalue weighted by molar-refractivity contribution is 5.85. The van der Waals surface area contributed by atoms with Crippen molar-refractivity contribution in [3.63, 3.8) is 0 Å². The van der Waals surface area contributed by atoms with E-state index in [1.165, 1.54) is 0 Å². The Morgan fingerprint density at radius 3 is 2.45 bits per heavy atom. The summed E-state index contributed by atoms with van der Waals surface area (Å²) in [5.41, 5.74) is 6.75. The van der Waals surface area contributed by atoms with Crippen LogP contribution in [0, 0.1) is 12.3 Å². The van der Waals surface area contributed by atoms with Crippen molar-refractivity contribution in [2.24, 2.45) is 4.99 Å². The lowest BCUT2D eigenvalue weighted by atomic mass is 10.2. The van der Waals surface area contributed by atoms with E-state index < -0.39 is 0 Å². The van der Waals surface area contributed by atoms with E-state index in [1.807, 2.05) is 47.6 Å². The predicted molar refractivity (Wildman–Crippen MR) is 115 cm³/mol. The van der Waals surface area contributed by atoms with Gasteiger partial charge in [-0.15, -0.1) is 6.42 Å². The minimum atomic E-state index is 0.414. The van der Waals surface area contributed by atoms with Crippen LogP contribution >= 0.6 is 0 Å². The van der Waals surface area contributed by atoms with Crippen molar-refractivity contribution in [3.05, 3.63) is 42.0 Å². The average Bonchev–Trinajstić information content (AvgIpc) is 2.75. The van der Waals surface area contributed by atoms with Crippen LogP contribution in [0.15, 0.2) is 41.4 Å². The van der Waals surface area contributed by atoms with E-state index in [-0.39, 0.29) is 0 Å². The van der Waals surface area contributed by atoms with Crippen LogP contribution in [-0.4, -0.2) is 53.4 Å². The van der Waals surface area contributed by atoms with Gasteiger partial charge >= 0.3 is 0 Å². The summed E-state index contributed by atoms with van der Waals surface area (Å²) >= 11 is 0. The molecular formula is C22H25N3O4. The van der Waals surface area contributed by atoms with Gasteiger partial charge in [-0.2, -0.15) is 0 Å². The molecule has 7 heteroatoms. The molecule has 0 spiro atoms. The summed E-state index contributed by atoms with van der Waals surface area (Å²) in [5, 5.41) is 1.99. The first-order valence-corrected chi connectivity index (χ1v) is 9.30. The van der Waals surface area contributed by atoms with Crippen molar-refractivity contribution in [3.8, 4) is 23.8 Å². The summed E-state index contributed by atoms with van der Waals surface area (Å²) in [4.78, 5) is 4.51. The molecule has 0 fully saturated rings. The molecule has 0 aliphatic carbocycles. The second kappa shape index (κ2) is 10.4. The topological polar surface area (TPSA) is 64.6 Å². The Morgan fingerprint density at radius 2 is 1.76 bits per heavy atom. The number of benzene rings is 2. The number of hydrogen-bond acceptors (Lipinski definition) is 7. The number of fused-ring (bicyclic) bond motifs is 1. The van der Waals surface area contributed by atoms with E-state index in [0.717, 1.165) is 22.6 Å². The Hall–Kier alpha value is -3.21. The quantitative estimate of drug-likeness (QED) is 0.492. The van der Waals surface area contributed by atoms with Crippen LogP contribution in [0.25, 0.3) is 0 Å². The van der Waals surface area contributed by atoms with Crippen LogP contribution in [0.3, 0.4) is 0 Å². The number of anilines is 2. The number of methoxy groups -OCH3 is 2. The van der Waals surface area contributed by atoms with Gasteiger partial charge in [-0.05, 0) is 18.2 Å². The second-order valence-corrected chi connectivity index (χ2v) is 6.23. The Kier molecular flexibility index (Phi) is 7.34. The first-order chi connectivity index (χ1) is 14.2. The zero-order chi connectivity index (χ0) is 20.5. The maximum Gasteiger partial charge on any atom is 0.163 e. The fourth-order valence-electron chi connectivity index (χ4n) is 2.81. The van der Waals surface area contributed by atoms with E-state index in [2.05, 4.69) is 16.3 Å². The Labute approximate surface area is 171 Å². The van der Waals surface area contributed by atoms with E-state index in [1.54, 1.807) is 14.2 Å². The van der Waals surface area contributed by atoms with Crippen LogP contribution in [0.2, 0.25) is 0 Å². The third kappa shape index (κ3) is 5.41. The van der Waals surface area contributed by atoms with Crippen molar-refractivity contribution in [1.82, 2.24) is 0 Å². The minimum Gasteiger partial charge on any atom is -0.487 e. The molecule has 0 unspecified atom stereocenters. The number of aliphatic imine (C=N–C) groups is 1. The molecule has 29 heavy (non-hydrogen) atoms. The number of rotatable bonds is 10. The van der Waals surface area contributed by atoms with Crippen LogP contribution in [0.5, 0.6) is 11.5 Å². The van der Waals surface area contributed by atoms with Crippen LogP contribution in [0.1, 0.15) is 5.56 Å². The largest absolute Gasteiger partial charge is 0.487 e. The predicted octanol–water partition coefficient (Wildman–Crippen LogP) is 3.27. The van der Waals surface area contributed by atoms with Gasteiger partial charge < -0.3 is 18.9 Å². The summed E-state index contributed by atoms with van der Waals surface area (Å²) in [6, 6.07) is 11.5. The molecular weight excluding hydrogens is 370 g/mol. The molecule has 0 aromatic heterocycles. The fraction of sp³-hybridized carbons (Fsp3) is 0.318. The van der Waals surface area contributed by atoms with Gasteiger partial charge in [0, 0.05) is 38.1 Å². The van der Waals surface area contributed by atoms with Crippen molar-refractivity contribution in [2.75, 3.05) is 57.6 Å². The van der Waals surface area contributed by atoms with Gasteiger partial charge in [0.1, 0.15) is 13.2 Å². The van der Waals surface area contributed by atoms with Gasteiger partial charge in [-0.25, -0.2) is 0 Å². The summed E-state index contributed by atoms with van der Waals surface area (Å²) in [6.07, 6.45) is 7.35. The Bertz CT molecular complexity index is 892. The zero-order valence-corrected chi connectivity index (χ0v) is 16.7. The maximum atomic E-state index is 5.89. The third-order valence-corrected chi connectivity index (χ3v) is 4.21. The van der Waals surface area contributed by atoms with E-state index in [9.17, 15) is 0 Å². The highest BCUT2D eigenvalue weighted by atomic mass is 16.5. The van der Waals surface area contributed by atoms with Crippen LogP contribution in [0.4, 0.5) is 17.1 Å². The number of ether oxygens (including phenoxy) is 4. The van der Waals surface area contributed by atoms with E-state index >= 15 is 0 Å². The van der Waals surface area contributed by atoms with Crippen molar-refractivity contribution >= 4 is 23.3 Å². The number of nitrogens with one attached hydrogen (secondary N) is 1. The summed E-state index contributed by atoms with van der Waals surface area (Å²) < 4.78 is 21.9. The molecule has 0 radical (unpaired) electrons. The fourth-order valence-corrected chi connectivity index (χ4v) is 2.81. The van der Waals surface area contributed by atoms with E-state index in [4.69, 9.17) is 25.4 Å². The molecule has 2 aromatic carbocycles. The SMILES string of the molecule is C#Cc1cccc(NN2CC=Nc3cc(OCCOC)c(OCCOC)cc32)c1. The van der Waals surface area contributed by atoms with Gasteiger partial charge in [0.2, 0.25) is 0 Å². The van der Waals surface area contributed by atoms with Gasteiger partial charge in [-0.3, -0.25) is 15.4 Å². The maximum absolute atomic E-state index is 5.89. The number of terminal acetylenes is 1. The molecule has 0 amide bonds. The lowest BCUT2D eigenvalue weighted by Crippen LogP contribution is -2.33. The highest BCUT2D eigenvalue weighted by Gasteiger charge is 2.19. The molecule has 1 aliphatic heterocycles. The molecule has 7 nitrogen and oxygen atoms in total. The standard InChI is InChI=1S/C22H25N3O4/c1-4-17-6-5-7-18(14-17)24-25-9-8-23-19-15-21(28-12-10-26-2)22(16-20(19)25)29-13-11-27-3/h1,5-8,14-16,24H,9-13H2,2-3H3. The van der Waals surface area contributed by atoms with Gasteiger partial charge in [-0.1, -0.05) is 12.0 Å². The normalized spacial score (nSPS) is 12.2. The van der Waals surface area contributed by atoms with Gasteiger partial charge in [0.15, 0.2) is 11.5 Å². The third-order valence-electron chi connectivity index (χ3n) is 4.21. The summed E-state index contributed by atoms with van der Waals surface area (Å²) in [5.74, 6) is 3.89. The van der Waals surface area contributed by atoms with Gasteiger partial charge in [0.25, 0.3) is 0 Å². The average molecular weight is 395 g/mol. The lowest BCUT2D eigenvalue weighted by Gasteiger charge is -2.29. The van der Waals surface area contributed by atoms with Crippen molar-refractivity contribution < 1.29 is 18.9 Å². The molecule has 0 atom stereocenters. The van der Waals surface area contributed by atoms with Gasteiger partial charge in [0.05, 0.1) is 36.8 Å². The molecule has 0 saturated heterocycles. The molecule has 0 saturated carbocycles. The molecule has 3 rings (SSSR count). The first kappa shape index (κ1) is 20.5. The monoisotopic (exact) mass is 395 g/mol.